The normalized spacial score (nSPS) is 24.5. The Morgan fingerprint density at radius 3 is 2.47 bits per heavy atom. The van der Waals surface area contributed by atoms with Crippen molar-refractivity contribution in [3.05, 3.63) is 39.6 Å². The van der Waals surface area contributed by atoms with Gasteiger partial charge in [-0.2, -0.15) is 4.98 Å². The lowest BCUT2D eigenvalue weighted by Gasteiger charge is -2.19. The Balaban J connectivity index is 2.01. The minimum Gasteiger partial charge on any atom is -0.394 e. The van der Waals surface area contributed by atoms with Gasteiger partial charge in [0.15, 0.2) is 17.4 Å². The zero-order chi connectivity index (χ0) is 21.8. The highest BCUT2D eigenvalue weighted by atomic mass is 35.5. The van der Waals surface area contributed by atoms with Crippen molar-refractivity contribution < 1.29 is 28.5 Å². The predicted octanol–water partition coefficient (Wildman–Crippen LogP) is -1.20. The number of nitrogen functional groups attached to an aromatic ring is 1. The van der Waals surface area contributed by atoms with Crippen LogP contribution in [0.15, 0.2) is 39.1 Å². The lowest BCUT2D eigenvalue weighted by atomic mass is 10.1. The van der Waals surface area contributed by atoms with Gasteiger partial charge in [-0.1, -0.05) is 11.6 Å². The van der Waals surface area contributed by atoms with Crippen LogP contribution in [-0.2, 0) is 14.6 Å². The summed E-state index contributed by atoms with van der Waals surface area (Å²) < 4.78 is 32.9. The number of halogens is 1. The van der Waals surface area contributed by atoms with E-state index in [1.54, 1.807) is 0 Å². The van der Waals surface area contributed by atoms with Crippen LogP contribution in [-0.4, -0.2) is 68.2 Å². The maximum absolute atomic E-state index is 13.3. The van der Waals surface area contributed by atoms with E-state index in [-0.39, 0.29) is 22.0 Å². The fourth-order valence-electron chi connectivity index (χ4n) is 3.21. The molecule has 0 bridgehead atoms. The number of aliphatic hydroxyl groups excluding tert-OH is 3. The minimum absolute atomic E-state index is 0.195. The number of aliphatic hydroxyl groups is 3. The molecule has 160 valence electrons. The number of ether oxygens (including phenoxy) is 1. The number of H-pyrrole nitrogens is 1. The molecule has 0 amide bonds. The van der Waals surface area contributed by atoms with E-state index in [1.165, 1.54) is 24.3 Å². The highest BCUT2D eigenvalue weighted by molar-refractivity contribution is 7.91. The van der Waals surface area contributed by atoms with Crippen molar-refractivity contribution in [3.8, 4) is 0 Å². The highest BCUT2D eigenvalue weighted by Gasteiger charge is 2.46. The number of anilines is 1. The Hall–Kier alpha value is -2.55. The molecule has 0 saturated carbocycles. The molecule has 4 atom stereocenters. The second-order valence-corrected chi connectivity index (χ2v) is 8.85. The number of imidazole rings is 1. The van der Waals surface area contributed by atoms with E-state index in [1.807, 2.05) is 0 Å². The zero-order valence-electron chi connectivity index (χ0n) is 15.0. The van der Waals surface area contributed by atoms with E-state index < -0.39 is 51.7 Å². The van der Waals surface area contributed by atoms with Gasteiger partial charge in [-0.05, 0) is 24.3 Å². The lowest BCUT2D eigenvalue weighted by molar-refractivity contribution is -0.0550. The van der Waals surface area contributed by atoms with Crippen molar-refractivity contribution in [2.45, 2.75) is 34.6 Å². The van der Waals surface area contributed by atoms with Crippen molar-refractivity contribution in [1.29, 1.82) is 0 Å². The summed E-state index contributed by atoms with van der Waals surface area (Å²) in [5.74, 6) is -0.323. The Bertz CT molecular complexity index is 1270. The Kier molecular flexibility index (Phi) is 5.04. The van der Waals surface area contributed by atoms with Crippen molar-refractivity contribution in [2.75, 3.05) is 12.3 Å². The van der Waals surface area contributed by atoms with Crippen LogP contribution in [0, 0.1) is 0 Å². The Morgan fingerprint density at radius 1 is 1.20 bits per heavy atom. The number of nitrogens with zero attached hydrogens (tertiary/aromatic N) is 3. The summed E-state index contributed by atoms with van der Waals surface area (Å²) in [6, 6.07) is 5.20. The van der Waals surface area contributed by atoms with Gasteiger partial charge in [0.05, 0.1) is 11.5 Å². The molecule has 1 fully saturated rings. The topological polar surface area (TPSA) is 194 Å². The molecule has 6 N–H and O–H groups in total. The lowest BCUT2D eigenvalue weighted by Crippen LogP contribution is -2.33. The Morgan fingerprint density at radius 2 is 1.87 bits per heavy atom. The monoisotopic (exact) mass is 457 g/mol. The number of aromatic nitrogens is 4. The summed E-state index contributed by atoms with van der Waals surface area (Å²) >= 11 is 5.82. The molecule has 1 aliphatic rings. The van der Waals surface area contributed by atoms with E-state index in [9.17, 15) is 28.5 Å². The molecule has 4 rings (SSSR count). The maximum Gasteiger partial charge on any atom is 0.280 e. The summed E-state index contributed by atoms with van der Waals surface area (Å²) in [5.41, 5.74) is 4.13. The van der Waals surface area contributed by atoms with Crippen molar-refractivity contribution in [3.63, 3.8) is 0 Å². The number of nitrogens with two attached hydrogens (primary N) is 1. The van der Waals surface area contributed by atoms with E-state index in [0.29, 0.717) is 5.02 Å². The summed E-state index contributed by atoms with van der Waals surface area (Å²) in [6.45, 7) is -0.642. The molecule has 0 aliphatic carbocycles. The van der Waals surface area contributed by atoms with Crippen LogP contribution in [0.1, 0.15) is 6.23 Å². The second kappa shape index (κ2) is 7.30. The van der Waals surface area contributed by atoms with Gasteiger partial charge >= 0.3 is 0 Å². The van der Waals surface area contributed by atoms with E-state index >= 15 is 0 Å². The molecule has 1 aromatic carbocycles. The van der Waals surface area contributed by atoms with Crippen LogP contribution >= 0.6 is 11.6 Å². The van der Waals surface area contributed by atoms with Gasteiger partial charge in [0, 0.05) is 5.02 Å². The van der Waals surface area contributed by atoms with Crippen LogP contribution in [0.3, 0.4) is 0 Å². The first kappa shape index (κ1) is 20.7. The van der Waals surface area contributed by atoms with Gasteiger partial charge in [0.25, 0.3) is 5.56 Å². The van der Waals surface area contributed by atoms with Gasteiger partial charge in [-0.15, -0.1) is 0 Å². The number of hydrogen-bond donors (Lipinski definition) is 5. The first-order valence-corrected chi connectivity index (χ1v) is 10.4. The SMILES string of the molecule is Nc1nc2c(nc(S(=O)(=O)c3ccc(Cl)cc3)n2[C@@H]2O[C@H](CO)[C@@H](O)[C@H]2O)c(=O)[nH]1. The molecule has 3 heterocycles. The molecule has 14 heteroatoms. The standard InChI is InChI=1S/C16H16ClN5O7S/c17-6-1-3-7(4-2-6)30(27,28)16-19-9-12(20-15(18)21-13(9)26)22(16)14-11(25)10(24)8(5-23)29-14/h1-4,8,10-11,14,23-25H,5H2,(H3,18,20,21,26)/t8-,10-,11-,14-/m1/s1. The quantitative estimate of drug-likeness (QED) is 0.317. The van der Waals surface area contributed by atoms with Crippen LogP contribution in [0.5, 0.6) is 0 Å². The molecule has 30 heavy (non-hydrogen) atoms. The summed E-state index contributed by atoms with van der Waals surface area (Å²) in [5, 5.41) is 29.5. The number of benzene rings is 1. The molecule has 0 radical (unpaired) electrons. The molecule has 1 aliphatic heterocycles. The van der Waals surface area contributed by atoms with Gasteiger partial charge in [0.1, 0.15) is 18.3 Å². The third-order valence-electron chi connectivity index (χ3n) is 4.67. The summed E-state index contributed by atoms with van der Waals surface area (Å²) in [6.07, 6.45) is -5.90. The van der Waals surface area contributed by atoms with Gasteiger partial charge in [-0.3, -0.25) is 14.3 Å². The summed E-state index contributed by atoms with van der Waals surface area (Å²) in [4.78, 5) is 22.2. The van der Waals surface area contributed by atoms with Crippen LogP contribution in [0.25, 0.3) is 11.2 Å². The minimum atomic E-state index is -4.36. The average Bonchev–Trinajstić information content (AvgIpc) is 3.21. The number of rotatable bonds is 4. The number of sulfone groups is 1. The third kappa shape index (κ3) is 3.15. The van der Waals surface area contributed by atoms with Crippen molar-refractivity contribution >= 4 is 38.6 Å². The van der Waals surface area contributed by atoms with Gasteiger partial charge in [-0.25, -0.2) is 13.4 Å². The number of nitrogens with one attached hydrogen (secondary N) is 1. The first-order valence-electron chi connectivity index (χ1n) is 8.56. The molecular formula is C16H16ClN5O7S. The van der Waals surface area contributed by atoms with Crippen LogP contribution < -0.4 is 11.3 Å². The van der Waals surface area contributed by atoms with Gasteiger partial charge < -0.3 is 25.8 Å². The maximum atomic E-state index is 13.3. The van der Waals surface area contributed by atoms with Gasteiger partial charge in [0.2, 0.25) is 20.9 Å². The smallest absolute Gasteiger partial charge is 0.280 e. The molecular weight excluding hydrogens is 442 g/mol. The van der Waals surface area contributed by atoms with Crippen molar-refractivity contribution in [2.24, 2.45) is 0 Å². The molecule has 0 spiro atoms. The van der Waals surface area contributed by atoms with Crippen LogP contribution in [0.4, 0.5) is 5.95 Å². The number of aromatic amines is 1. The van der Waals surface area contributed by atoms with Crippen molar-refractivity contribution in [1.82, 2.24) is 19.5 Å². The molecule has 1 saturated heterocycles. The summed E-state index contributed by atoms with van der Waals surface area (Å²) in [7, 11) is -4.36. The number of hydrogen-bond acceptors (Lipinski definition) is 10. The highest BCUT2D eigenvalue weighted by Crippen LogP contribution is 2.35. The number of fused-ring (bicyclic) bond motifs is 1. The zero-order valence-corrected chi connectivity index (χ0v) is 16.6. The van der Waals surface area contributed by atoms with E-state index in [0.717, 1.165) is 4.57 Å². The third-order valence-corrected chi connectivity index (χ3v) is 6.59. The molecule has 2 aromatic heterocycles. The van der Waals surface area contributed by atoms with E-state index in [4.69, 9.17) is 22.1 Å². The van der Waals surface area contributed by atoms with E-state index in [2.05, 4.69) is 15.0 Å². The average molecular weight is 458 g/mol. The molecule has 3 aromatic rings. The largest absolute Gasteiger partial charge is 0.394 e. The second-order valence-electron chi connectivity index (χ2n) is 6.57. The molecule has 0 unspecified atom stereocenters. The predicted molar refractivity (Wildman–Crippen MR) is 102 cm³/mol. The first-order chi connectivity index (χ1) is 14.1. The van der Waals surface area contributed by atoms with Crippen LogP contribution in [0.2, 0.25) is 5.02 Å². The Labute approximate surface area is 173 Å². The molecule has 12 nitrogen and oxygen atoms in total. The fourth-order valence-corrected chi connectivity index (χ4v) is 4.70. The fraction of sp³-hybridized carbons (Fsp3) is 0.312.